The Morgan fingerprint density at radius 2 is 2.00 bits per heavy atom. The van der Waals surface area contributed by atoms with E-state index in [4.69, 9.17) is 10.5 Å². The van der Waals surface area contributed by atoms with E-state index in [1.54, 1.807) is 7.11 Å². The summed E-state index contributed by atoms with van der Waals surface area (Å²) in [4.78, 5) is 0. The van der Waals surface area contributed by atoms with E-state index in [2.05, 4.69) is 18.2 Å². The van der Waals surface area contributed by atoms with Crippen molar-refractivity contribution in [2.75, 3.05) is 13.7 Å². The Morgan fingerprint density at radius 1 is 1.24 bits per heavy atom. The Morgan fingerprint density at radius 3 is 2.65 bits per heavy atom. The SMILES string of the molecule is COc1cc(CCN)ccc1C1CCCCC1. The molecule has 2 heteroatoms. The minimum atomic E-state index is 0.700. The molecule has 1 aliphatic rings. The molecule has 0 unspecified atom stereocenters. The van der Waals surface area contributed by atoms with Crippen LogP contribution in [0.15, 0.2) is 18.2 Å². The second-order valence-corrected chi connectivity index (χ2v) is 4.95. The van der Waals surface area contributed by atoms with Gasteiger partial charge in [0.1, 0.15) is 5.75 Å². The number of benzene rings is 1. The highest BCUT2D eigenvalue weighted by Crippen LogP contribution is 2.37. The van der Waals surface area contributed by atoms with Gasteiger partial charge in [0.05, 0.1) is 7.11 Å². The van der Waals surface area contributed by atoms with Gasteiger partial charge in [-0.05, 0) is 48.9 Å². The van der Waals surface area contributed by atoms with Gasteiger partial charge in [0.15, 0.2) is 0 Å². The summed E-state index contributed by atoms with van der Waals surface area (Å²) >= 11 is 0. The van der Waals surface area contributed by atoms with Gasteiger partial charge in [0.2, 0.25) is 0 Å². The second-order valence-electron chi connectivity index (χ2n) is 4.95. The molecule has 17 heavy (non-hydrogen) atoms. The summed E-state index contributed by atoms with van der Waals surface area (Å²) in [6.45, 7) is 0.700. The summed E-state index contributed by atoms with van der Waals surface area (Å²) in [6.07, 6.45) is 7.67. The summed E-state index contributed by atoms with van der Waals surface area (Å²) in [5.74, 6) is 1.76. The first-order valence-electron chi connectivity index (χ1n) is 6.72. The van der Waals surface area contributed by atoms with Crippen molar-refractivity contribution in [3.05, 3.63) is 29.3 Å². The van der Waals surface area contributed by atoms with Gasteiger partial charge in [-0.15, -0.1) is 0 Å². The van der Waals surface area contributed by atoms with E-state index in [0.717, 1.165) is 12.2 Å². The smallest absolute Gasteiger partial charge is 0.122 e. The Kier molecular flexibility index (Phi) is 4.43. The maximum atomic E-state index is 5.59. The van der Waals surface area contributed by atoms with E-state index in [-0.39, 0.29) is 0 Å². The highest BCUT2D eigenvalue weighted by atomic mass is 16.5. The molecule has 0 aromatic heterocycles. The van der Waals surface area contributed by atoms with E-state index in [0.29, 0.717) is 12.5 Å². The van der Waals surface area contributed by atoms with E-state index in [1.807, 2.05) is 0 Å². The minimum absolute atomic E-state index is 0.700. The van der Waals surface area contributed by atoms with Crippen molar-refractivity contribution >= 4 is 0 Å². The predicted octanol–water partition coefficient (Wildman–Crippen LogP) is 3.24. The van der Waals surface area contributed by atoms with Gasteiger partial charge in [-0.1, -0.05) is 31.4 Å². The van der Waals surface area contributed by atoms with Crippen molar-refractivity contribution in [1.82, 2.24) is 0 Å². The summed E-state index contributed by atoms with van der Waals surface area (Å²) in [5.41, 5.74) is 8.27. The normalized spacial score (nSPS) is 17.1. The molecule has 0 atom stereocenters. The molecule has 0 radical (unpaired) electrons. The predicted molar refractivity (Wildman–Crippen MR) is 71.6 cm³/mol. The summed E-state index contributed by atoms with van der Waals surface area (Å²) < 4.78 is 5.54. The van der Waals surface area contributed by atoms with E-state index in [9.17, 15) is 0 Å². The Bertz CT molecular complexity index is 356. The molecular weight excluding hydrogens is 210 g/mol. The number of hydrogen-bond donors (Lipinski definition) is 1. The summed E-state index contributed by atoms with van der Waals surface area (Å²) in [7, 11) is 1.77. The fraction of sp³-hybridized carbons (Fsp3) is 0.600. The van der Waals surface area contributed by atoms with Gasteiger partial charge in [0, 0.05) is 0 Å². The Hall–Kier alpha value is -1.02. The monoisotopic (exact) mass is 233 g/mol. The lowest BCUT2D eigenvalue weighted by Gasteiger charge is -2.24. The topological polar surface area (TPSA) is 35.2 Å². The third-order valence-corrected chi connectivity index (χ3v) is 3.78. The van der Waals surface area contributed by atoms with Crippen LogP contribution in [-0.2, 0) is 6.42 Å². The van der Waals surface area contributed by atoms with Crippen LogP contribution in [0.25, 0.3) is 0 Å². The van der Waals surface area contributed by atoms with Crippen molar-refractivity contribution < 1.29 is 4.74 Å². The molecule has 2 rings (SSSR count). The lowest BCUT2D eigenvalue weighted by atomic mass is 9.83. The first-order chi connectivity index (χ1) is 8.35. The lowest BCUT2D eigenvalue weighted by Crippen LogP contribution is -2.08. The molecule has 2 N–H and O–H groups in total. The number of nitrogens with two attached hydrogens (primary N) is 1. The number of ether oxygens (including phenoxy) is 1. The standard InChI is InChI=1S/C15H23NO/c1-17-15-11-12(9-10-16)7-8-14(15)13-5-3-2-4-6-13/h7-8,11,13H,2-6,9-10,16H2,1H3. The van der Waals surface area contributed by atoms with Gasteiger partial charge >= 0.3 is 0 Å². The van der Waals surface area contributed by atoms with Crippen LogP contribution in [0.5, 0.6) is 5.75 Å². The van der Waals surface area contributed by atoms with Gasteiger partial charge in [-0.2, -0.15) is 0 Å². The van der Waals surface area contributed by atoms with Crippen LogP contribution in [0.3, 0.4) is 0 Å². The van der Waals surface area contributed by atoms with Crippen LogP contribution in [-0.4, -0.2) is 13.7 Å². The van der Waals surface area contributed by atoms with Crippen LogP contribution < -0.4 is 10.5 Å². The van der Waals surface area contributed by atoms with Gasteiger partial charge in [-0.3, -0.25) is 0 Å². The van der Waals surface area contributed by atoms with Crippen LogP contribution in [0.2, 0.25) is 0 Å². The van der Waals surface area contributed by atoms with Crippen molar-refractivity contribution in [3.63, 3.8) is 0 Å². The maximum absolute atomic E-state index is 5.59. The Labute approximate surface area is 104 Å². The largest absolute Gasteiger partial charge is 0.496 e. The molecule has 1 fully saturated rings. The fourth-order valence-electron chi connectivity index (χ4n) is 2.83. The zero-order valence-electron chi connectivity index (χ0n) is 10.7. The molecule has 2 nitrogen and oxygen atoms in total. The summed E-state index contributed by atoms with van der Waals surface area (Å²) in [5, 5.41) is 0. The summed E-state index contributed by atoms with van der Waals surface area (Å²) in [6, 6.07) is 6.62. The lowest BCUT2D eigenvalue weighted by molar-refractivity contribution is 0.386. The van der Waals surface area contributed by atoms with Crippen LogP contribution in [0.1, 0.15) is 49.1 Å². The minimum Gasteiger partial charge on any atom is -0.496 e. The zero-order chi connectivity index (χ0) is 12.1. The van der Waals surface area contributed by atoms with Crippen molar-refractivity contribution in [3.8, 4) is 5.75 Å². The molecule has 0 amide bonds. The maximum Gasteiger partial charge on any atom is 0.122 e. The third kappa shape index (κ3) is 3.01. The quantitative estimate of drug-likeness (QED) is 0.866. The number of methoxy groups -OCH3 is 1. The molecule has 94 valence electrons. The first-order valence-corrected chi connectivity index (χ1v) is 6.72. The van der Waals surface area contributed by atoms with Crippen molar-refractivity contribution in [1.29, 1.82) is 0 Å². The number of hydrogen-bond acceptors (Lipinski definition) is 2. The Balaban J connectivity index is 2.20. The molecule has 0 spiro atoms. The van der Waals surface area contributed by atoms with Gasteiger partial charge in [0.25, 0.3) is 0 Å². The molecule has 1 aliphatic carbocycles. The van der Waals surface area contributed by atoms with Gasteiger partial charge < -0.3 is 10.5 Å². The molecule has 0 heterocycles. The van der Waals surface area contributed by atoms with Crippen LogP contribution in [0, 0.1) is 0 Å². The van der Waals surface area contributed by atoms with E-state index < -0.39 is 0 Å². The molecule has 1 saturated carbocycles. The van der Waals surface area contributed by atoms with E-state index >= 15 is 0 Å². The molecule has 0 bridgehead atoms. The average Bonchev–Trinajstić information content (AvgIpc) is 2.40. The molecule has 0 aliphatic heterocycles. The van der Waals surface area contributed by atoms with Gasteiger partial charge in [-0.25, -0.2) is 0 Å². The molecule has 1 aromatic carbocycles. The second kappa shape index (κ2) is 6.06. The first kappa shape index (κ1) is 12.4. The molecule has 1 aromatic rings. The number of rotatable bonds is 4. The molecule has 0 saturated heterocycles. The van der Waals surface area contributed by atoms with E-state index in [1.165, 1.54) is 43.2 Å². The van der Waals surface area contributed by atoms with Crippen LogP contribution >= 0.6 is 0 Å². The zero-order valence-corrected chi connectivity index (χ0v) is 10.7. The fourth-order valence-corrected chi connectivity index (χ4v) is 2.83. The third-order valence-electron chi connectivity index (χ3n) is 3.78. The van der Waals surface area contributed by atoms with Crippen LogP contribution in [0.4, 0.5) is 0 Å². The average molecular weight is 233 g/mol. The van der Waals surface area contributed by atoms with Crippen molar-refractivity contribution in [2.45, 2.75) is 44.4 Å². The highest BCUT2D eigenvalue weighted by Gasteiger charge is 2.19. The molecular formula is C15H23NO. The highest BCUT2D eigenvalue weighted by molar-refractivity contribution is 5.40. The van der Waals surface area contributed by atoms with Crippen molar-refractivity contribution in [2.24, 2.45) is 5.73 Å².